The second-order valence-electron chi connectivity index (χ2n) is 8.96. The third kappa shape index (κ3) is 6.89. The van der Waals surface area contributed by atoms with Gasteiger partial charge in [0.05, 0.1) is 25.0 Å². The molecule has 0 bridgehead atoms. The quantitative estimate of drug-likeness (QED) is 0.368. The normalized spacial score (nSPS) is 19.5. The number of hydrogen-bond donors (Lipinski definition) is 1. The zero-order chi connectivity index (χ0) is 24.6. The highest BCUT2D eigenvalue weighted by molar-refractivity contribution is 7.99. The van der Waals surface area contributed by atoms with Gasteiger partial charge < -0.3 is 14.7 Å². The van der Waals surface area contributed by atoms with Crippen molar-refractivity contribution in [1.82, 2.24) is 20.1 Å². The number of hydrogen-bond acceptors (Lipinski definition) is 7. The van der Waals surface area contributed by atoms with Crippen molar-refractivity contribution in [2.24, 2.45) is 11.8 Å². The van der Waals surface area contributed by atoms with Gasteiger partial charge in [0.2, 0.25) is 0 Å². The molecule has 9 heteroatoms. The molecule has 3 heterocycles. The van der Waals surface area contributed by atoms with Crippen LogP contribution in [0.15, 0.2) is 53.8 Å². The fraction of sp³-hybridized carbons (Fsp3) is 0.462. The number of ether oxygens (including phenoxy) is 1. The summed E-state index contributed by atoms with van der Waals surface area (Å²) in [6, 6.07) is 9.16. The van der Waals surface area contributed by atoms with E-state index in [0.29, 0.717) is 24.2 Å². The lowest BCUT2D eigenvalue weighted by atomic mass is 9.79. The number of nitrogens with zero attached hydrogens (tertiary/aromatic N) is 4. The molecule has 0 spiro atoms. The molecule has 1 N–H and O–H groups in total. The third-order valence-corrected chi connectivity index (χ3v) is 7.72. The Bertz CT molecular complexity index is 1120. The van der Waals surface area contributed by atoms with Gasteiger partial charge >= 0.3 is 5.97 Å². The first kappa shape index (κ1) is 25.3. The van der Waals surface area contributed by atoms with Gasteiger partial charge in [-0.2, -0.15) is 10.2 Å². The van der Waals surface area contributed by atoms with Gasteiger partial charge in [-0.15, -0.1) is 11.8 Å². The number of thioether (sulfide) groups is 1. The molecular formula is C26H31FN4O3S. The summed E-state index contributed by atoms with van der Waals surface area (Å²) in [5.41, 5.74) is 1.35. The van der Waals surface area contributed by atoms with Crippen LogP contribution in [0.3, 0.4) is 0 Å². The number of fused-ring (bicyclic) bond motifs is 1. The molecule has 4 rings (SSSR count). The average Bonchev–Trinajstić information content (AvgIpc) is 2.87. The number of piperidine rings is 1. The Labute approximate surface area is 209 Å². The van der Waals surface area contributed by atoms with Crippen molar-refractivity contribution in [2.45, 2.75) is 36.8 Å². The summed E-state index contributed by atoms with van der Waals surface area (Å²) in [6.07, 6.45) is 5.97. The molecule has 3 aromatic rings. The van der Waals surface area contributed by atoms with Gasteiger partial charge in [0.25, 0.3) is 0 Å². The van der Waals surface area contributed by atoms with Crippen molar-refractivity contribution < 1.29 is 19.0 Å². The van der Waals surface area contributed by atoms with Crippen molar-refractivity contribution >= 4 is 28.6 Å². The number of benzene rings is 1. The maximum absolute atomic E-state index is 15.4. The predicted octanol–water partition coefficient (Wildman–Crippen LogP) is 5.03. The van der Waals surface area contributed by atoms with Crippen molar-refractivity contribution in [3.05, 3.63) is 54.5 Å². The summed E-state index contributed by atoms with van der Waals surface area (Å²) in [5.74, 6) is 1.01. The number of carboxylic acids is 1. The van der Waals surface area contributed by atoms with Crippen LogP contribution in [0.2, 0.25) is 0 Å². The minimum atomic E-state index is -1.14. The number of carbonyl (C=O) groups is 1. The molecule has 1 aromatic carbocycles. The third-order valence-electron chi connectivity index (χ3n) is 6.76. The Morgan fingerprint density at radius 3 is 2.91 bits per heavy atom. The van der Waals surface area contributed by atoms with E-state index in [1.54, 1.807) is 43.5 Å². The lowest BCUT2D eigenvalue weighted by Gasteiger charge is -2.38. The highest BCUT2D eigenvalue weighted by Gasteiger charge is 2.31. The van der Waals surface area contributed by atoms with E-state index in [2.05, 4.69) is 20.1 Å². The maximum Gasteiger partial charge on any atom is 0.303 e. The molecule has 0 amide bonds. The monoisotopic (exact) mass is 498 g/mol. The number of aliphatic carboxylic acids is 1. The standard InChI is InChI=1S/C26H31FN4O3S/c1-34-20-3-5-25-23(15-20)22(7-9-28-25)24(27)4-2-18-8-11-31(17-19(18)14-26(32)33)12-13-35-21-6-10-29-30-16-21/h3,5-7,9-10,15-16,18-19,24H,2,4,8,11-14,17H2,1H3,(H,32,33)/t18-,19+,24-/m1/s1. The molecule has 2 aromatic heterocycles. The second kappa shape index (κ2) is 12.3. The zero-order valence-corrected chi connectivity index (χ0v) is 20.7. The molecule has 1 fully saturated rings. The Morgan fingerprint density at radius 1 is 1.26 bits per heavy atom. The summed E-state index contributed by atoms with van der Waals surface area (Å²) in [5, 5.41) is 17.9. The molecule has 0 unspecified atom stereocenters. The van der Waals surface area contributed by atoms with E-state index in [4.69, 9.17) is 4.74 Å². The number of carboxylic acid groups (broad SMARTS) is 1. The van der Waals surface area contributed by atoms with Crippen molar-refractivity contribution in [2.75, 3.05) is 32.5 Å². The Morgan fingerprint density at radius 2 is 2.14 bits per heavy atom. The highest BCUT2D eigenvalue weighted by atomic mass is 32.2. The smallest absolute Gasteiger partial charge is 0.303 e. The molecule has 0 aliphatic carbocycles. The van der Waals surface area contributed by atoms with E-state index in [1.807, 2.05) is 24.3 Å². The van der Waals surface area contributed by atoms with Crippen molar-refractivity contribution in [3.8, 4) is 5.75 Å². The SMILES string of the molecule is COc1ccc2nccc([C@H](F)CC[C@@H]3CCN(CCSc4ccnnc4)C[C@@H]3CC(=O)O)c2c1. The molecular weight excluding hydrogens is 467 g/mol. The van der Waals surface area contributed by atoms with Gasteiger partial charge in [-0.1, -0.05) is 0 Å². The molecule has 3 atom stereocenters. The van der Waals surface area contributed by atoms with Gasteiger partial charge in [0, 0.05) is 41.7 Å². The lowest BCUT2D eigenvalue weighted by Crippen LogP contribution is -2.42. The minimum absolute atomic E-state index is 0.0234. The minimum Gasteiger partial charge on any atom is -0.497 e. The van der Waals surface area contributed by atoms with E-state index in [9.17, 15) is 9.90 Å². The second-order valence-corrected chi connectivity index (χ2v) is 10.1. The van der Waals surface area contributed by atoms with Crippen LogP contribution in [-0.2, 0) is 4.79 Å². The first-order valence-corrected chi connectivity index (χ1v) is 12.9. The van der Waals surface area contributed by atoms with E-state index in [0.717, 1.165) is 47.6 Å². The fourth-order valence-electron chi connectivity index (χ4n) is 4.91. The number of pyridine rings is 1. The number of rotatable bonds is 11. The number of methoxy groups -OCH3 is 1. The highest BCUT2D eigenvalue weighted by Crippen LogP contribution is 2.36. The van der Waals surface area contributed by atoms with Gasteiger partial charge in [-0.05, 0) is 73.5 Å². The average molecular weight is 499 g/mol. The Hall–Kier alpha value is -2.78. The molecule has 7 nitrogen and oxygen atoms in total. The topological polar surface area (TPSA) is 88.4 Å². The van der Waals surface area contributed by atoms with Crippen LogP contribution < -0.4 is 4.74 Å². The van der Waals surface area contributed by atoms with Crippen molar-refractivity contribution in [3.63, 3.8) is 0 Å². The van der Waals surface area contributed by atoms with E-state index in [1.165, 1.54) is 0 Å². The van der Waals surface area contributed by atoms with Crippen LogP contribution in [0.5, 0.6) is 5.75 Å². The molecule has 186 valence electrons. The van der Waals surface area contributed by atoms with Crippen LogP contribution in [0, 0.1) is 11.8 Å². The van der Waals surface area contributed by atoms with E-state index in [-0.39, 0.29) is 18.3 Å². The predicted molar refractivity (Wildman–Crippen MR) is 134 cm³/mol. The molecule has 35 heavy (non-hydrogen) atoms. The Kier molecular flexibility index (Phi) is 8.87. The summed E-state index contributed by atoms with van der Waals surface area (Å²) in [6.45, 7) is 2.52. The van der Waals surface area contributed by atoms with Crippen LogP contribution in [0.4, 0.5) is 4.39 Å². The summed E-state index contributed by atoms with van der Waals surface area (Å²) in [7, 11) is 1.59. The molecule has 0 radical (unpaired) electrons. The van der Waals surface area contributed by atoms with Crippen molar-refractivity contribution in [1.29, 1.82) is 0 Å². The van der Waals surface area contributed by atoms with Crippen LogP contribution in [0.25, 0.3) is 10.9 Å². The van der Waals surface area contributed by atoms with E-state index >= 15 is 4.39 Å². The summed E-state index contributed by atoms with van der Waals surface area (Å²) < 4.78 is 20.8. The zero-order valence-electron chi connectivity index (χ0n) is 19.8. The first-order chi connectivity index (χ1) is 17.0. The van der Waals surface area contributed by atoms with Gasteiger partial charge in [0.15, 0.2) is 0 Å². The summed E-state index contributed by atoms with van der Waals surface area (Å²) >= 11 is 1.72. The number of alkyl halides is 1. The van der Waals surface area contributed by atoms with Crippen LogP contribution in [-0.4, -0.2) is 63.7 Å². The fourth-order valence-corrected chi connectivity index (χ4v) is 5.78. The van der Waals surface area contributed by atoms with Crippen LogP contribution in [0.1, 0.15) is 37.4 Å². The van der Waals surface area contributed by atoms with E-state index < -0.39 is 12.1 Å². The molecule has 1 saturated heterocycles. The first-order valence-electron chi connectivity index (χ1n) is 11.9. The Balaban J connectivity index is 1.35. The summed E-state index contributed by atoms with van der Waals surface area (Å²) in [4.78, 5) is 19.3. The van der Waals surface area contributed by atoms with Gasteiger partial charge in [-0.3, -0.25) is 9.78 Å². The van der Waals surface area contributed by atoms with Gasteiger partial charge in [0.1, 0.15) is 11.9 Å². The number of aromatic nitrogens is 3. The maximum atomic E-state index is 15.4. The molecule has 1 aliphatic heterocycles. The molecule has 0 saturated carbocycles. The molecule has 1 aliphatic rings. The number of likely N-dealkylation sites (tertiary alicyclic amines) is 1. The largest absolute Gasteiger partial charge is 0.497 e. The lowest BCUT2D eigenvalue weighted by molar-refractivity contribution is -0.139. The van der Waals surface area contributed by atoms with Gasteiger partial charge in [-0.25, -0.2) is 4.39 Å². The van der Waals surface area contributed by atoms with Crippen LogP contribution >= 0.6 is 11.8 Å². The number of halogens is 1.